The van der Waals surface area contributed by atoms with Crippen molar-refractivity contribution in [3.63, 3.8) is 0 Å². The van der Waals surface area contributed by atoms with E-state index in [9.17, 15) is 0 Å². The lowest BCUT2D eigenvalue weighted by atomic mass is 10.1. The fourth-order valence-electron chi connectivity index (χ4n) is 5.96. The van der Waals surface area contributed by atoms with Gasteiger partial charge in [-0.25, -0.2) is 0 Å². The third kappa shape index (κ3) is 38.4. The van der Waals surface area contributed by atoms with E-state index in [1.807, 2.05) is 72.8 Å². The summed E-state index contributed by atoms with van der Waals surface area (Å²) in [5, 5.41) is 94.8. The van der Waals surface area contributed by atoms with Crippen molar-refractivity contribution in [2.24, 2.45) is 0 Å². The number of hydrogen-bond donors (Lipinski definition) is 11. The summed E-state index contributed by atoms with van der Waals surface area (Å²) < 4.78 is 47.3. The molecule has 0 bridgehead atoms. The molecule has 11 N–H and O–H groups in total. The summed E-state index contributed by atoms with van der Waals surface area (Å²) in [4.78, 5) is 0. The van der Waals surface area contributed by atoms with Crippen LogP contribution in [0.1, 0.15) is 57.3 Å². The van der Waals surface area contributed by atoms with E-state index < -0.39 is 0 Å². The minimum atomic E-state index is -0.0887. The van der Waals surface area contributed by atoms with Crippen LogP contribution >= 0.6 is 0 Å². The smallest absolute Gasteiger partial charge is 0.126 e. The van der Waals surface area contributed by atoms with Gasteiger partial charge in [-0.1, -0.05) is 97.1 Å². The average molecular weight is 1100 g/mol. The number of benzene rings is 5. The molecule has 78 heavy (non-hydrogen) atoms. The first-order valence-electron chi connectivity index (χ1n) is 25.8. The molecule has 0 aromatic heterocycles. The monoisotopic (exact) mass is 1100 g/mol. The third-order valence-corrected chi connectivity index (χ3v) is 9.84. The standard InChI is InChI=1S/C14H22O4.C12H18O6.2C12H18O4.C8H10O2/c15-7-1-9-17-11-13-3-5-14(6-4-13)12-18-10-2-8-16;13-1-4-16-10-7-11(17-5-2-14)9-12(8-10)18-6-3-15;2*13-5-7-15-9-11-1-2-12(4-3-11)10-16-8-6-14;9-5-7-1-2-8(6-10)4-3-7/h3-6,15-16H,1-2,7-12H2;7-9,13-15H,1-6H2;2*1-4,13-14H,5-10H2;1-4,9-10H,5-6H2. The molecule has 20 heteroatoms. The van der Waals surface area contributed by atoms with E-state index in [2.05, 4.69) is 0 Å². The van der Waals surface area contributed by atoms with Crippen molar-refractivity contribution in [1.29, 1.82) is 0 Å². The van der Waals surface area contributed by atoms with Gasteiger partial charge < -0.3 is 98.8 Å². The highest BCUT2D eigenvalue weighted by Crippen LogP contribution is 2.28. The summed E-state index contributed by atoms with van der Waals surface area (Å²) in [6, 6.07) is 35.9. The van der Waals surface area contributed by atoms with E-state index >= 15 is 0 Å². The Morgan fingerprint density at radius 1 is 0.218 bits per heavy atom. The molecule has 438 valence electrons. The molecule has 0 aliphatic carbocycles. The Morgan fingerprint density at radius 3 is 0.590 bits per heavy atom. The van der Waals surface area contributed by atoms with Crippen LogP contribution in [0.4, 0.5) is 0 Å². The first-order chi connectivity index (χ1) is 38.3. The zero-order chi connectivity index (χ0) is 56.9. The van der Waals surface area contributed by atoms with E-state index in [0.717, 1.165) is 44.5 Å². The summed E-state index contributed by atoms with van der Waals surface area (Å²) in [6.07, 6.45) is 1.35. The predicted molar refractivity (Wildman–Crippen MR) is 291 cm³/mol. The van der Waals surface area contributed by atoms with Crippen LogP contribution in [-0.4, -0.2) is 175 Å². The van der Waals surface area contributed by atoms with Gasteiger partial charge in [0.05, 0.1) is 126 Å². The Balaban J connectivity index is 0.000000493. The Labute approximate surface area is 459 Å². The fourth-order valence-corrected chi connectivity index (χ4v) is 5.96. The lowest BCUT2D eigenvalue weighted by Gasteiger charge is -2.12. The van der Waals surface area contributed by atoms with Gasteiger partial charge >= 0.3 is 0 Å². The molecule has 0 fully saturated rings. The first kappa shape index (κ1) is 70.8. The first-order valence-corrected chi connectivity index (χ1v) is 25.8. The molecule has 0 heterocycles. The molecule has 0 amide bonds. The van der Waals surface area contributed by atoms with Gasteiger partial charge in [0.25, 0.3) is 0 Å². The number of hydrogen-bond acceptors (Lipinski definition) is 20. The molecule has 5 rings (SSSR count). The van der Waals surface area contributed by atoms with Crippen LogP contribution in [0.5, 0.6) is 17.2 Å². The Kier molecular flexibility index (Phi) is 46.6. The largest absolute Gasteiger partial charge is 0.491 e. The molecule has 0 aliphatic rings. The van der Waals surface area contributed by atoms with E-state index in [1.54, 1.807) is 42.5 Å². The second-order valence-electron chi connectivity index (χ2n) is 16.3. The van der Waals surface area contributed by atoms with E-state index in [4.69, 9.17) is 98.8 Å². The molecule has 5 aromatic carbocycles. The maximum Gasteiger partial charge on any atom is 0.126 e. The van der Waals surface area contributed by atoms with Gasteiger partial charge in [-0.05, 0) is 57.3 Å². The SMILES string of the molecule is OCCCOCc1ccc(COCCCO)cc1.OCCOCc1ccc(COCCO)cc1.OCCOCc1ccc(COCCO)cc1.OCCOc1cc(OCCO)cc(OCCO)c1.OCc1ccc(CO)cc1. The molecule has 0 radical (unpaired) electrons. The molecular formula is C58H86O20. The molecule has 0 spiro atoms. The summed E-state index contributed by atoms with van der Waals surface area (Å²) in [7, 11) is 0. The number of aliphatic hydroxyl groups is 11. The maximum absolute atomic E-state index is 8.70. The predicted octanol–water partition coefficient (Wildman–Crippen LogP) is 3.36. The summed E-state index contributed by atoms with van der Waals surface area (Å²) in [5.41, 5.74) is 8.26. The summed E-state index contributed by atoms with van der Waals surface area (Å²) in [6.45, 7) is 6.72. The van der Waals surface area contributed by atoms with Gasteiger partial charge in [-0.15, -0.1) is 0 Å². The normalized spacial score (nSPS) is 10.4. The third-order valence-electron chi connectivity index (χ3n) is 9.84. The number of rotatable bonds is 37. The van der Waals surface area contributed by atoms with E-state index in [0.29, 0.717) is 109 Å². The van der Waals surface area contributed by atoms with Crippen molar-refractivity contribution in [2.45, 2.75) is 65.7 Å². The Bertz CT molecular complexity index is 1820. The molecule has 0 atom stereocenters. The van der Waals surface area contributed by atoms with Crippen LogP contribution in [0.2, 0.25) is 0 Å². The molecule has 20 nitrogen and oxygen atoms in total. The minimum Gasteiger partial charge on any atom is -0.491 e. The quantitative estimate of drug-likeness (QED) is 0.0254. The van der Waals surface area contributed by atoms with Gasteiger partial charge in [-0.3, -0.25) is 0 Å². The number of aliphatic hydroxyl groups excluding tert-OH is 11. The molecular weight excluding hydrogens is 1020 g/mol. The minimum absolute atomic E-state index is 0.0487. The molecule has 5 aromatic rings. The van der Waals surface area contributed by atoms with Gasteiger partial charge in [0.15, 0.2) is 0 Å². The van der Waals surface area contributed by atoms with Crippen molar-refractivity contribution >= 4 is 0 Å². The van der Waals surface area contributed by atoms with Crippen molar-refractivity contribution in [3.05, 3.63) is 160 Å². The van der Waals surface area contributed by atoms with Crippen molar-refractivity contribution in [2.75, 3.05) is 119 Å². The molecule has 0 aliphatic heterocycles. The fraction of sp³-hybridized carbons (Fsp3) is 0.483. The highest BCUT2D eigenvalue weighted by atomic mass is 16.5. The van der Waals surface area contributed by atoms with Gasteiger partial charge in [0.2, 0.25) is 0 Å². The zero-order valence-corrected chi connectivity index (χ0v) is 44.9. The van der Waals surface area contributed by atoms with Crippen LogP contribution in [0, 0.1) is 0 Å². The summed E-state index contributed by atoms with van der Waals surface area (Å²) in [5.74, 6) is 1.48. The van der Waals surface area contributed by atoms with Gasteiger partial charge in [-0.2, -0.15) is 0 Å². The molecule has 0 unspecified atom stereocenters. The lowest BCUT2D eigenvalue weighted by molar-refractivity contribution is 0.0801. The van der Waals surface area contributed by atoms with Crippen LogP contribution in [0.3, 0.4) is 0 Å². The second-order valence-corrected chi connectivity index (χ2v) is 16.3. The van der Waals surface area contributed by atoms with Crippen LogP contribution in [0.25, 0.3) is 0 Å². The van der Waals surface area contributed by atoms with Gasteiger partial charge in [0.1, 0.15) is 37.1 Å². The van der Waals surface area contributed by atoms with Crippen molar-refractivity contribution in [3.8, 4) is 17.2 Å². The molecule has 0 saturated carbocycles. The highest BCUT2D eigenvalue weighted by Gasteiger charge is 2.05. The molecule has 0 saturated heterocycles. The van der Waals surface area contributed by atoms with Crippen LogP contribution < -0.4 is 14.2 Å². The van der Waals surface area contributed by atoms with Crippen molar-refractivity contribution in [1.82, 2.24) is 0 Å². The topological polar surface area (TPSA) is 306 Å². The van der Waals surface area contributed by atoms with Crippen LogP contribution in [0.15, 0.2) is 115 Å². The average Bonchev–Trinajstić information content (AvgIpc) is 3.48. The maximum atomic E-state index is 8.70. The van der Waals surface area contributed by atoms with E-state index in [-0.39, 0.29) is 92.5 Å². The second kappa shape index (κ2) is 51.3. The number of ether oxygens (including phenoxy) is 9. The zero-order valence-electron chi connectivity index (χ0n) is 44.9. The Morgan fingerprint density at radius 2 is 0.410 bits per heavy atom. The lowest BCUT2D eigenvalue weighted by Crippen LogP contribution is -2.06. The van der Waals surface area contributed by atoms with Crippen molar-refractivity contribution < 1.29 is 98.8 Å². The Hall–Kier alpha value is -5.18. The van der Waals surface area contributed by atoms with E-state index in [1.165, 1.54) is 0 Å². The highest BCUT2D eigenvalue weighted by molar-refractivity contribution is 5.42. The van der Waals surface area contributed by atoms with Gasteiger partial charge in [0, 0.05) is 44.6 Å². The van der Waals surface area contributed by atoms with Crippen LogP contribution in [-0.2, 0) is 81.3 Å². The summed E-state index contributed by atoms with van der Waals surface area (Å²) >= 11 is 0.